The molecule has 2 aromatic heterocycles. The van der Waals surface area contributed by atoms with Gasteiger partial charge in [0.05, 0.1) is 5.52 Å². The van der Waals surface area contributed by atoms with Crippen molar-refractivity contribution in [2.24, 2.45) is 0 Å². The summed E-state index contributed by atoms with van der Waals surface area (Å²) in [5, 5.41) is 2.91. The summed E-state index contributed by atoms with van der Waals surface area (Å²) < 4.78 is 1.67. The Bertz CT molecular complexity index is 1210. The lowest BCUT2D eigenvalue weighted by molar-refractivity contribution is 0.0978. The third kappa shape index (κ3) is 3.55. The third-order valence-electron chi connectivity index (χ3n) is 4.98. The Balaban J connectivity index is 1.74. The molecule has 0 saturated heterocycles. The van der Waals surface area contributed by atoms with Crippen molar-refractivity contribution in [3.63, 3.8) is 0 Å². The van der Waals surface area contributed by atoms with Crippen LogP contribution < -0.4 is 10.2 Å². The van der Waals surface area contributed by atoms with Gasteiger partial charge in [-0.05, 0) is 49.7 Å². The van der Waals surface area contributed by atoms with Crippen LogP contribution in [0.5, 0.6) is 0 Å². The topological polar surface area (TPSA) is 66.7 Å². The molecular formula is C24H22N4O2. The van der Waals surface area contributed by atoms with Gasteiger partial charge in [-0.1, -0.05) is 42.5 Å². The molecule has 0 unspecified atom stereocenters. The highest BCUT2D eigenvalue weighted by Crippen LogP contribution is 2.21. The number of aryl methyl sites for hydroxylation is 1. The first kappa shape index (κ1) is 19.4. The van der Waals surface area contributed by atoms with E-state index in [9.17, 15) is 9.59 Å². The number of nitrogens with zero attached hydrogens (tertiary/aromatic N) is 3. The van der Waals surface area contributed by atoms with Gasteiger partial charge in [0.1, 0.15) is 0 Å². The predicted molar refractivity (Wildman–Crippen MR) is 118 cm³/mol. The fourth-order valence-corrected chi connectivity index (χ4v) is 3.42. The second kappa shape index (κ2) is 8.21. The fourth-order valence-electron chi connectivity index (χ4n) is 3.42. The molecule has 0 atom stereocenters. The van der Waals surface area contributed by atoms with Gasteiger partial charge in [0, 0.05) is 24.1 Å². The lowest BCUT2D eigenvalue weighted by atomic mass is 10.2. The highest BCUT2D eigenvalue weighted by Gasteiger charge is 2.25. The number of carbonyl (C=O) groups excluding carboxylic acids is 2. The molecule has 0 aliphatic rings. The largest absolute Gasteiger partial charge is 0.320 e. The Morgan fingerprint density at radius 2 is 1.67 bits per heavy atom. The van der Waals surface area contributed by atoms with Crippen LogP contribution in [0.3, 0.4) is 0 Å². The first-order valence-corrected chi connectivity index (χ1v) is 9.81. The standard InChI is InChI=1S/C24H22N4O2/c1-3-27(18-12-5-4-6-13-18)24(30)22-26-21(20-15-9-10-16-28(20)22)23(29)25-19-14-8-7-11-17(19)2/h4-16H,3H2,1-2H3,(H,25,29). The summed E-state index contributed by atoms with van der Waals surface area (Å²) in [6.07, 6.45) is 1.75. The van der Waals surface area contributed by atoms with Crippen LogP contribution in [0, 0.1) is 6.92 Å². The van der Waals surface area contributed by atoms with E-state index < -0.39 is 0 Å². The van der Waals surface area contributed by atoms with E-state index in [1.165, 1.54) is 0 Å². The molecule has 2 aromatic carbocycles. The zero-order valence-corrected chi connectivity index (χ0v) is 16.9. The maximum atomic E-state index is 13.3. The summed E-state index contributed by atoms with van der Waals surface area (Å²) in [4.78, 5) is 32.5. The second-order valence-electron chi connectivity index (χ2n) is 6.89. The van der Waals surface area contributed by atoms with Crippen molar-refractivity contribution < 1.29 is 9.59 Å². The Labute approximate surface area is 174 Å². The number of aromatic nitrogens is 2. The zero-order valence-electron chi connectivity index (χ0n) is 16.9. The molecule has 0 spiro atoms. The van der Waals surface area contributed by atoms with E-state index in [0.29, 0.717) is 17.7 Å². The Hall–Kier alpha value is -3.93. The van der Waals surface area contributed by atoms with Crippen molar-refractivity contribution in [1.29, 1.82) is 0 Å². The maximum absolute atomic E-state index is 13.3. The molecular weight excluding hydrogens is 376 g/mol. The van der Waals surface area contributed by atoms with Crippen LogP contribution in [0.1, 0.15) is 33.6 Å². The van der Waals surface area contributed by atoms with Crippen LogP contribution in [-0.2, 0) is 0 Å². The summed E-state index contributed by atoms with van der Waals surface area (Å²) in [7, 11) is 0. The van der Waals surface area contributed by atoms with E-state index in [1.807, 2.05) is 80.6 Å². The van der Waals surface area contributed by atoms with Crippen molar-refractivity contribution in [2.75, 3.05) is 16.8 Å². The predicted octanol–water partition coefficient (Wildman–Crippen LogP) is 4.56. The number of fused-ring (bicyclic) bond motifs is 1. The summed E-state index contributed by atoms with van der Waals surface area (Å²) >= 11 is 0. The van der Waals surface area contributed by atoms with Crippen molar-refractivity contribution >= 4 is 28.7 Å². The SMILES string of the molecule is CCN(C(=O)c1nc(C(=O)Nc2ccccc2C)c2ccccn12)c1ccccc1. The van der Waals surface area contributed by atoms with Gasteiger partial charge in [-0.25, -0.2) is 4.98 Å². The highest BCUT2D eigenvalue weighted by molar-refractivity contribution is 6.11. The zero-order chi connectivity index (χ0) is 21.1. The van der Waals surface area contributed by atoms with Crippen molar-refractivity contribution in [2.45, 2.75) is 13.8 Å². The van der Waals surface area contributed by atoms with Crippen LogP contribution in [-0.4, -0.2) is 27.7 Å². The third-order valence-corrected chi connectivity index (χ3v) is 4.98. The van der Waals surface area contributed by atoms with Crippen molar-refractivity contribution in [3.8, 4) is 0 Å². The van der Waals surface area contributed by atoms with E-state index in [-0.39, 0.29) is 23.3 Å². The summed E-state index contributed by atoms with van der Waals surface area (Å²) in [6, 6.07) is 22.4. The van der Waals surface area contributed by atoms with E-state index in [2.05, 4.69) is 10.3 Å². The Morgan fingerprint density at radius 3 is 2.40 bits per heavy atom. The molecule has 0 saturated carbocycles. The molecule has 30 heavy (non-hydrogen) atoms. The van der Waals surface area contributed by atoms with E-state index in [1.54, 1.807) is 21.6 Å². The smallest absolute Gasteiger partial charge is 0.294 e. The molecule has 1 N–H and O–H groups in total. The van der Waals surface area contributed by atoms with Gasteiger partial charge in [0.15, 0.2) is 5.69 Å². The van der Waals surface area contributed by atoms with Crippen LogP contribution in [0.4, 0.5) is 11.4 Å². The number of carbonyl (C=O) groups is 2. The molecule has 4 aromatic rings. The quantitative estimate of drug-likeness (QED) is 0.536. The number of anilines is 2. The molecule has 150 valence electrons. The number of hydrogen-bond donors (Lipinski definition) is 1. The number of nitrogens with one attached hydrogen (secondary N) is 1. The normalized spacial score (nSPS) is 10.7. The van der Waals surface area contributed by atoms with E-state index in [0.717, 1.165) is 11.3 Å². The number of para-hydroxylation sites is 2. The van der Waals surface area contributed by atoms with E-state index in [4.69, 9.17) is 0 Å². The number of amides is 2. The molecule has 0 fully saturated rings. The fraction of sp³-hybridized carbons (Fsp3) is 0.125. The second-order valence-corrected chi connectivity index (χ2v) is 6.89. The molecule has 4 rings (SSSR count). The van der Waals surface area contributed by atoms with Crippen LogP contribution in [0.2, 0.25) is 0 Å². The molecule has 2 amide bonds. The lowest BCUT2D eigenvalue weighted by Crippen LogP contribution is -2.32. The van der Waals surface area contributed by atoms with Gasteiger partial charge in [0.2, 0.25) is 5.82 Å². The van der Waals surface area contributed by atoms with Crippen LogP contribution in [0.15, 0.2) is 79.0 Å². The van der Waals surface area contributed by atoms with Gasteiger partial charge in [-0.3, -0.25) is 14.0 Å². The van der Waals surface area contributed by atoms with Gasteiger partial charge < -0.3 is 10.2 Å². The maximum Gasteiger partial charge on any atom is 0.294 e. The average Bonchev–Trinajstić information content (AvgIpc) is 3.16. The molecule has 2 heterocycles. The lowest BCUT2D eigenvalue weighted by Gasteiger charge is -2.20. The molecule has 6 nitrogen and oxygen atoms in total. The minimum Gasteiger partial charge on any atom is -0.320 e. The first-order chi connectivity index (χ1) is 14.6. The minimum absolute atomic E-state index is 0.200. The highest BCUT2D eigenvalue weighted by atomic mass is 16.2. The average molecular weight is 398 g/mol. The van der Waals surface area contributed by atoms with Crippen LogP contribution in [0.25, 0.3) is 5.52 Å². The monoisotopic (exact) mass is 398 g/mol. The minimum atomic E-state index is -0.352. The van der Waals surface area contributed by atoms with Gasteiger partial charge in [0.25, 0.3) is 11.8 Å². The Kier molecular flexibility index (Phi) is 5.30. The molecule has 6 heteroatoms. The number of pyridine rings is 1. The number of imidazole rings is 1. The van der Waals surface area contributed by atoms with Crippen LogP contribution >= 0.6 is 0 Å². The van der Waals surface area contributed by atoms with Crippen molar-refractivity contribution in [1.82, 2.24) is 9.38 Å². The molecule has 0 aliphatic carbocycles. The molecule has 0 radical (unpaired) electrons. The van der Waals surface area contributed by atoms with Gasteiger partial charge >= 0.3 is 0 Å². The number of benzene rings is 2. The summed E-state index contributed by atoms with van der Waals surface area (Å²) in [5.74, 6) is -0.416. The Morgan fingerprint density at radius 1 is 0.967 bits per heavy atom. The molecule has 0 aliphatic heterocycles. The summed E-state index contributed by atoms with van der Waals surface area (Å²) in [6.45, 7) is 4.32. The number of hydrogen-bond acceptors (Lipinski definition) is 3. The van der Waals surface area contributed by atoms with Gasteiger partial charge in [-0.2, -0.15) is 0 Å². The van der Waals surface area contributed by atoms with E-state index >= 15 is 0 Å². The molecule has 0 bridgehead atoms. The van der Waals surface area contributed by atoms with Gasteiger partial charge in [-0.15, -0.1) is 0 Å². The first-order valence-electron chi connectivity index (χ1n) is 9.81. The summed E-state index contributed by atoms with van der Waals surface area (Å²) in [5.41, 5.74) is 3.24. The van der Waals surface area contributed by atoms with Crippen molar-refractivity contribution in [3.05, 3.63) is 96.1 Å². The number of rotatable bonds is 5.